The van der Waals surface area contributed by atoms with Gasteiger partial charge in [-0.25, -0.2) is 8.78 Å². The Kier molecular flexibility index (Phi) is 4.69. The van der Waals surface area contributed by atoms with Crippen molar-refractivity contribution in [3.8, 4) is 5.75 Å². The van der Waals surface area contributed by atoms with E-state index < -0.39 is 11.6 Å². The lowest BCUT2D eigenvalue weighted by atomic mass is 10.2. The predicted octanol–water partition coefficient (Wildman–Crippen LogP) is 3.95. The molecule has 0 aliphatic heterocycles. The third-order valence-corrected chi connectivity index (χ3v) is 3.35. The molecule has 8 heteroatoms. The Balaban J connectivity index is 1.83. The number of methoxy groups -OCH3 is 1. The summed E-state index contributed by atoms with van der Waals surface area (Å²) >= 11 is 0. The number of aryl methyl sites for hydroxylation is 1. The maximum absolute atomic E-state index is 13.7. The number of rotatable bonds is 5. The highest BCUT2D eigenvalue weighted by Crippen LogP contribution is 2.27. The number of nitrogens with zero attached hydrogens (tertiary/aromatic N) is 3. The molecule has 0 amide bonds. The van der Waals surface area contributed by atoms with Crippen LogP contribution in [-0.4, -0.2) is 22.3 Å². The summed E-state index contributed by atoms with van der Waals surface area (Å²) in [6.45, 7) is 1.94. The fourth-order valence-corrected chi connectivity index (χ4v) is 2.19. The van der Waals surface area contributed by atoms with E-state index in [-0.39, 0.29) is 17.5 Å². The SMILES string of the molecule is COc1ccc(C)cc1Nc1nncc(Nc2ccc(F)cc2F)n1. The van der Waals surface area contributed by atoms with Crippen molar-refractivity contribution in [2.45, 2.75) is 6.92 Å². The second kappa shape index (κ2) is 7.08. The lowest BCUT2D eigenvalue weighted by Gasteiger charge is -2.11. The molecule has 6 nitrogen and oxygen atoms in total. The Morgan fingerprint density at radius 1 is 1.00 bits per heavy atom. The molecule has 0 radical (unpaired) electrons. The van der Waals surface area contributed by atoms with Gasteiger partial charge in [0.2, 0.25) is 5.95 Å². The lowest BCUT2D eigenvalue weighted by Crippen LogP contribution is -2.04. The van der Waals surface area contributed by atoms with Gasteiger partial charge in [-0.2, -0.15) is 10.1 Å². The number of benzene rings is 2. The van der Waals surface area contributed by atoms with Crippen LogP contribution in [0, 0.1) is 18.6 Å². The van der Waals surface area contributed by atoms with Crippen LogP contribution in [0.1, 0.15) is 5.56 Å². The number of hydrogen-bond acceptors (Lipinski definition) is 6. The smallest absolute Gasteiger partial charge is 0.249 e. The van der Waals surface area contributed by atoms with Gasteiger partial charge in [-0.1, -0.05) is 6.07 Å². The van der Waals surface area contributed by atoms with E-state index in [4.69, 9.17) is 4.74 Å². The summed E-state index contributed by atoms with van der Waals surface area (Å²) in [5.74, 6) is -0.297. The van der Waals surface area contributed by atoms with Crippen molar-refractivity contribution >= 4 is 23.1 Å². The summed E-state index contributed by atoms with van der Waals surface area (Å²) in [7, 11) is 1.56. The van der Waals surface area contributed by atoms with E-state index >= 15 is 0 Å². The number of ether oxygens (including phenoxy) is 1. The monoisotopic (exact) mass is 343 g/mol. The van der Waals surface area contributed by atoms with Crippen LogP contribution in [-0.2, 0) is 0 Å². The first-order valence-corrected chi connectivity index (χ1v) is 7.38. The topological polar surface area (TPSA) is 72.0 Å². The Morgan fingerprint density at radius 3 is 2.60 bits per heavy atom. The van der Waals surface area contributed by atoms with Gasteiger partial charge >= 0.3 is 0 Å². The molecule has 2 aromatic carbocycles. The van der Waals surface area contributed by atoms with E-state index in [0.717, 1.165) is 17.7 Å². The van der Waals surface area contributed by atoms with Gasteiger partial charge in [-0.05, 0) is 36.8 Å². The van der Waals surface area contributed by atoms with Crippen LogP contribution in [0.25, 0.3) is 0 Å². The van der Waals surface area contributed by atoms with Crippen molar-refractivity contribution < 1.29 is 13.5 Å². The molecule has 3 aromatic rings. The Labute approximate surface area is 142 Å². The maximum Gasteiger partial charge on any atom is 0.249 e. The van der Waals surface area contributed by atoms with E-state index in [1.807, 2.05) is 25.1 Å². The summed E-state index contributed by atoms with van der Waals surface area (Å²) < 4.78 is 32.0. The average molecular weight is 343 g/mol. The molecule has 0 aliphatic carbocycles. The fraction of sp³-hybridized carbons (Fsp3) is 0.118. The molecule has 0 spiro atoms. The van der Waals surface area contributed by atoms with E-state index in [1.165, 1.54) is 12.3 Å². The minimum Gasteiger partial charge on any atom is -0.495 e. The standard InChI is InChI=1S/C17H15F2N5O/c1-10-3-6-15(25-2)14(7-10)22-17-23-16(9-20-24-17)21-13-5-4-11(18)8-12(13)19/h3-9H,1-2H3,(H2,21,22,23,24). The summed E-state index contributed by atoms with van der Waals surface area (Å²) in [6.07, 6.45) is 1.33. The third-order valence-electron chi connectivity index (χ3n) is 3.35. The molecule has 0 aliphatic rings. The average Bonchev–Trinajstić information content (AvgIpc) is 2.58. The van der Waals surface area contributed by atoms with Crippen LogP contribution in [0.3, 0.4) is 0 Å². The highest BCUT2D eigenvalue weighted by molar-refractivity contribution is 5.64. The highest BCUT2D eigenvalue weighted by atomic mass is 19.1. The molecule has 0 saturated heterocycles. The van der Waals surface area contributed by atoms with Crippen molar-refractivity contribution in [1.82, 2.24) is 15.2 Å². The van der Waals surface area contributed by atoms with E-state index in [1.54, 1.807) is 7.11 Å². The first kappa shape index (κ1) is 16.6. The molecule has 0 atom stereocenters. The fourth-order valence-electron chi connectivity index (χ4n) is 2.19. The van der Waals surface area contributed by atoms with Crippen molar-refractivity contribution in [3.05, 3.63) is 59.8 Å². The number of nitrogens with one attached hydrogen (secondary N) is 2. The minimum atomic E-state index is -0.728. The number of hydrogen-bond donors (Lipinski definition) is 2. The van der Waals surface area contributed by atoms with Crippen LogP contribution in [0.5, 0.6) is 5.75 Å². The second-order valence-corrected chi connectivity index (χ2v) is 5.24. The predicted molar refractivity (Wildman–Crippen MR) is 90.5 cm³/mol. The largest absolute Gasteiger partial charge is 0.495 e. The number of anilines is 4. The van der Waals surface area contributed by atoms with Crippen LogP contribution in [0.15, 0.2) is 42.6 Å². The zero-order valence-electron chi connectivity index (χ0n) is 13.5. The van der Waals surface area contributed by atoms with Gasteiger partial charge in [0, 0.05) is 6.07 Å². The minimum absolute atomic E-state index is 0.0842. The molecule has 3 rings (SSSR count). The van der Waals surface area contributed by atoms with Gasteiger partial charge in [-0.15, -0.1) is 5.10 Å². The molecule has 0 bridgehead atoms. The molecular formula is C17H15F2N5O. The quantitative estimate of drug-likeness (QED) is 0.731. The Morgan fingerprint density at radius 2 is 1.84 bits per heavy atom. The molecule has 0 unspecified atom stereocenters. The zero-order chi connectivity index (χ0) is 17.8. The van der Waals surface area contributed by atoms with Crippen molar-refractivity contribution in [3.63, 3.8) is 0 Å². The van der Waals surface area contributed by atoms with Gasteiger partial charge in [-0.3, -0.25) is 0 Å². The molecule has 0 fully saturated rings. The molecule has 1 heterocycles. The van der Waals surface area contributed by atoms with Crippen LogP contribution in [0.4, 0.5) is 31.9 Å². The van der Waals surface area contributed by atoms with E-state index in [9.17, 15) is 8.78 Å². The summed E-state index contributed by atoms with van der Waals surface area (Å²) in [4.78, 5) is 4.22. The first-order chi connectivity index (χ1) is 12.0. The highest BCUT2D eigenvalue weighted by Gasteiger charge is 2.09. The Hall–Kier alpha value is -3.29. The molecule has 25 heavy (non-hydrogen) atoms. The number of halogens is 2. The Bertz CT molecular complexity index is 904. The normalized spacial score (nSPS) is 10.4. The third kappa shape index (κ3) is 3.97. The summed E-state index contributed by atoms with van der Waals surface area (Å²) in [5, 5.41) is 13.5. The van der Waals surface area contributed by atoms with Crippen LogP contribution >= 0.6 is 0 Å². The second-order valence-electron chi connectivity index (χ2n) is 5.24. The van der Waals surface area contributed by atoms with Crippen molar-refractivity contribution in [2.75, 3.05) is 17.7 Å². The van der Waals surface area contributed by atoms with Gasteiger partial charge in [0.15, 0.2) is 5.82 Å². The lowest BCUT2D eigenvalue weighted by molar-refractivity contribution is 0.416. The van der Waals surface area contributed by atoms with Crippen molar-refractivity contribution in [2.24, 2.45) is 0 Å². The van der Waals surface area contributed by atoms with Gasteiger partial charge < -0.3 is 15.4 Å². The molecular weight excluding hydrogens is 328 g/mol. The van der Waals surface area contributed by atoms with Crippen LogP contribution in [0.2, 0.25) is 0 Å². The summed E-state index contributed by atoms with van der Waals surface area (Å²) in [5.41, 5.74) is 1.79. The van der Waals surface area contributed by atoms with E-state index in [2.05, 4.69) is 25.8 Å². The molecule has 128 valence electrons. The zero-order valence-corrected chi connectivity index (χ0v) is 13.5. The first-order valence-electron chi connectivity index (χ1n) is 7.38. The van der Waals surface area contributed by atoms with Gasteiger partial charge in [0.25, 0.3) is 0 Å². The van der Waals surface area contributed by atoms with Gasteiger partial charge in [0.1, 0.15) is 17.4 Å². The number of aromatic nitrogens is 3. The van der Waals surface area contributed by atoms with E-state index in [0.29, 0.717) is 11.4 Å². The molecule has 2 N–H and O–H groups in total. The van der Waals surface area contributed by atoms with Crippen LogP contribution < -0.4 is 15.4 Å². The molecule has 0 saturated carbocycles. The van der Waals surface area contributed by atoms with Crippen molar-refractivity contribution in [1.29, 1.82) is 0 Å². The summed E-state index contributed by atoms with van der Waals surface area (Å²) in [6, 6.07) is 8.83. The maximum atomic E-state index is 13.7. The molecule has 1 aromatic heterocycles. The van der Waals surface area contributed by atoms with Gasteiger partial charge in [0.05, 0.1) is 24.7 Å².